The fraction of sp³-hybridized carbons (Fsp3) is 0.0476. The number of fused-ring (bicyclic) bond motifs is 1. The van der Waals surface area contributed by atoms with Crippen molar-refractivity contribution in [3.05, 3.63) is 84.4 Å². The van der Waals surface area contributed by atoms with E-state index in [4.69, 9.17) is 4.42 Å². The molecule has 2 aromatic heterocycles. The second-order valence-corrected chi connectivity index (χ2v) is 6.14. The summed E-state index contributed by atoms with van der Waals surface area (Å²) in [4.78, 5) is 24.8. The smallest absolute Gasteiger partial charge is 0.291 e. The van der Waals surface area contributed by atoms with Crippen molar-refractivity contribution >= 4 is 34.1 Å². The number of para-hydroxylation sites is 1. The number of nitrogens with one attached hydrogen (secondary N) is 2. The zero-order valence-electron chi connectivity index (χ0n) is 14.6. The Balaban J connectivity index is 1.54. The van der Waals surface area contributed by atoms with E-state index >= 15 is 0 Å². The summed E-state index contributed by atoms with van der Waals surface area (Å²) < 4.78 is 7.00. The van der Waals surface area contributed by atoms with Crippen LogP contribution in [0.3, 0.4) is 0 Å². The number of amides is 2. The van der Waals surface area contributed by atoms with E-state index in [1.807, 2.05) is 42.1 Å². The number of carbonyl (C=O) groups is 2. The van der Waals surface area contributed by atoms with Crippen LogP contribution in [0, 0.1) is 0 Å². The average Bonchev–Trinajstić information content (AvgIpc) is 3.31. The molecular formula is C21H17N3O3. The molecule has 2 amide bonds. The van der Waals surface area contributed by atoms with Crippen molar-refractivity contribution in [2.45, 2.75) is 0 Å². The summed E-state index contributed by atoms with van der Waals surface area (Å²) in [7, 11) is 1.91. The van der Waals surface area contributed by atoms with Gasteiger partial charge < -0.3 is 19.6 Å². The molecule has 0 aliphatic rings. The van der Waals surface area contributed by atoms with Crippen molar-refractivity contribution in [1.29, 1.82) is 0 Å². The maximum atomic E-state index is 12.7. The number of anilines is 2. The molecule has 0 saturated heterocycles. The number of aromatic nitrogens is 1. The molecule has 27 heavy (non-hydrogen) atoms. The zero-order valence-corrected chi connectivity index (χ0v) is 14.6. The molecule has 134 valence electrons. The van der Waals surface area contributed by atoms with Gasteiger partial charge in [0.25, 0.3) is 11.8 Å². The monoisotopic (exact) mass is 359 g/mol. The van der Waals surface area contributed by atoms with Crippen LogP contribution in [0.2, 0.25) is 0 Å². The normalized spacial score (nSPS) is 10.7. The third kappa shape index (κ3) is 3.32. The minimum Gasteiger partial charge on any atom is -0.459 e. The highest BCUT2D eigenvalue weighted by Crippen LogP contribution is 2.22. The summed E-state index contributed by atoms with van der Waals surface area (Å²) in [6, 6.07) is 17.9. The van der Waals surface area contributed by atoms with E-state index in [1.54, 1.807) is 36.4 Å². The maximum Gasteiger partial charge on any atom is 0.291 e. The van der Waals surface area contributed by atoms with Gasteiger partial charge in [-0.3, -0.25) is 9.59 Å². The van der Waals surface area contributed by atoms with Crippen LogP contribution in [0.15, 0.2) is 77.5 Å². The molecule has 4 rings (SSSR count). The van der Waals surface area contributed by atoms with Gasteiger partial charge in [-0.25, -0.2) is 0 Å². The SMILES string of the molecule is Cn1cc(C(=O)Nc2cccc(NC(=O)c3ccco3)c2)c2ccccc21. The van der Waals surface area contributed by atoms with E-state index in [2.05, 4.69) is 10.6 Å². The van der Waals surface area contributed by atoms with Gasteiger partial charge in [0.15, 0.2) is 5.76 Å². The molecule has 0 aliphatic heterocycles. The number of carbonyl (C=O) groups excluding carboxylic acids is 2. The van der Waals surface area contributed by atoms with E-state index in [9.17, 15) is 9.59 Å². The molecule has 0 atom stereocenters. The van der Waals surface area contributed by atoms with Crippen LogP contribution in [-0.4, -0.2) is 16.4 Å². The topological polar surface area (TPSA) is 76.3 Å². The van der Waals surface area contributed by atoms with Gasteiger partial charge in [0.2, 0.25) is 0 Å². The largest absolute Gasteiger partial charge is 0.459 e. The van der Waals surface area contributed by atoms with Gasteiger partial charge in [-0.2, -0.15) is 0 Å². The van der Waals surface area contributed by atoms with E-state index in [-0.39, 0.29) is 17.6 Å². The summed E-state index contributed by atoms with van der Waals surface area (Å²) in [6.45, 7) is 0. The van der Waals surface area contributed by atoms with E-state index in [1.165, 1.54) is 6.26 Å². The molecule has 0 spiro atoms. The summed E-state index contributed by atoms with van der Waals surface area (Å²) in [5, 5.41) is 6.52. The quantitative estimate of drug-likeness (QED) is 0.571. The van der Waals surface area contributed by atoms with Crippen LogP contribution in [0.4, 0.5) is 11.4 Å². The van der Waals surface area contributed by atoms with Crippen molar-refractivity contribution < 1.29 is 14.0 Å². The first-order valence-corrected chi connectivity index (χ1v) is 8.42. The van der Waals surface area contributed by atoms with E-state index < -0.39 is 0 Å². The van der Waals surface area contributed by atoms with E-state index in [0.717, 1.165) is 10.9 Å². The molecule has 0 saturated carbocycles. The lowest BCUT2D eigenvalue weighted by atomic mass is 10.1. The van der Waals surface area contributed by atoms with Crippen LogP contribution in [0.25, 0.3) is 10.9 Å². The predicted molar refractivity (Wildman–Crippen MR) is 104 cm³/mol. The van der Waals surface area contributed by atoms with Crippen molar-refractivity contribution in [2.24, 2.45) is 7.05 Å². The molecule has 6 heteroatoms. The Morgan fingerprint density at radius 1 is 0.889 bits per heavy atom. The minimum atomic E-state index is -0.350. The molecule has 4 aromatic rings. The first kappa shape index (κ1) is 16.7. The fourth-order valence-corrected chi connectivity index (χ4v) is 3.00. The van der Waals surface area contributed by atoms with Gasteiger partial charge in [0, 0.05) is 35.5 Å². The maximum absolute atomic E-state index is 12.7. The summed E-state index contributed by atoms with van der Waals surface area (Å²) in [5.74, 6) is -0.334. The van der Waals surface area contributed by atoms with Gasteiger partial charge in [0.05, 0.1) is 11.8 Å². The molecule has 6 nitrogen and oxygen atoms in total. The minimum absolute atomic E-state index is 0.207. The average molecular weight is 359 g/mol. The number of rotatable bonds is 4. The Kier molecular flexibility index (Phi) is 4.22. The lowest BCUT2D eigenvalue weighted by Crippen LogP contribution is -2.13. The van der Waals surface area contributed by atoms with Gasteiger partial charge >= 0.3 is 0 Å². The molecule has 0 radical (unpaired) electrons. The Labute approximate surface area is 155 Å². The summed E-state index contributed by atoms with van der Waals surface area (Å²) >= 11 is 0. The van der Waals surface area contributed by atoms with Crippen LogP contribution in [-0.2, 0) is 7.05 Å². The molecular weight excluding hydrogens is 342 g/mol. The summed E-state index contributed by atoms with van der Waals surface area (Å²) in [5.41, 5.74) is 2.73. The highest BCUT2D eigenvalue weighted by Gasteiger charge is 2.14. The van der Waals surface area contributed by atoms with Crippen LogP contribution < -0.4 is 10.6 Å². The molecule has 0 fully saturated rings. The molecule has 2 aromatic carbocycles. The zero-order chi connectivity index (χ0) is 18.8. The second-order valence-electron chi connectivity index (χ2n) is 6.14. The van der Waals surface area contributed by atoms with Crippen LogP contribution in [0.1, 0.15) is 20.9 Å². The first-order chi connectivity index (χ1) is 13.1. The lowest BCUT2D eigenvalue weighted by Gasteiger charge is -2.08. The van der Waals surface area contributed by atoms with Crippen molar-refractivity contribution in [1.82, 2.24) is 4.57 Å². The molecule has 2 heterocycles. The predicted octanol–water partition coefficient (Wildman–Crippen LogP) is 4.28. The Bertz CT molecular complexity index is 1130. The standard InChI is InChI=1S/C21H17N3O3/c1-24-13-17(16-8-2-3-9-18(16)24)20(25)22-14-6-4-7-15(12-14)23-21(26)19-10-5-11-27-19/h2-13H,1H3,(H,22,25)(H,23,26). The number of furan rings is 1. The third-order valence-corrected chi connectivity index (χ3v) is 4.26. The van der Waals surface area contributed by atoms with Crippen LogP contribution >= 0.6 is 0 Å². The Morgan fingerprint density at radius 3 is 2.37 bits per heavy atom. The molecule has 0 unspecified atom stereocenters. The van der Waals surface area contributed by atoms with Gasteiger partial charge in [0.1, 0.15) is 0 Å². The van der Waals surface area contributed by atoms with Crippen molar-refractivity contribution in [3.8, 4) is 0 Å². The highest BCUT2D eigenvalue weighted by molar-refractivity contribution is 6.13. The number of aryl methyl sites for hydroxylation is 1. The number of hydrogen-bond donors (Lipinski definition) is 2. The van der Waals surface area contributed by atoms with Gasteiger partial charge in [-0.15, -0.1) is 0 Å². The molecule has 2 N–H and O–H groups in total. The fourth-order valence-electron chi connectivity index (χ4n) is 3.00. The third-order valence-electron chi connectivity index (χ3n) is 4.26. The highest BCUT2D eigenvalue weighted by atomic mass is 16.3. The first-order valence-electron chi connectivity index (χ1n) is 8.42. The second kappa shape index (κ2) is 6.84. The van der Waals surface area contributed by atoms with Crippen LogP contribution in [0.5, 0.6) is 0 Å². The van der Waals surface area contributed by atoms with Crippen molar-refractivity contribution in [3.63, 3.8) is 0 Å². The Hall–Kier alpha value is -3.80. The van der Waals surface area contributed by atoms with Gasteiger partial charge in [-0.05, 0) is 36.4 Å². The van der Waals surface area contributed by atoms with Crippen molar-refractivity contribution in [2.75, 3.05) is 10.6 Å². The number of hydrogen-bond acceptors (Lipinski definition) is 3. The lowest BCUT2D eigenvalue weighted by molar-refractivity contribution is 0.0995. The number of benzene rings is 2. The molecule has 0 aliphatic carbocycles. The molecule has 0 bridgehead atoms. The number of nitrogens with zero attached hydrogens (tertiary/aromatic N) is 1. The van der Waals surface area contributed by atoms with E-state index in [0.29, 0.717) is 16.9 Å². The Morgan fingerprint density at radius 2 is 1.63 bits per heavy atom. The van der Waals surface area contributed by atoms with Gasteiger partial charge in [-0.1, -0.05) is 24.3 Å². The summed E-state index contributed by atoms with van der Waals surface area (Å²) in [6.07, 6.45) is 3.25.